The summed E-state index contributed by atoms with van der Waals surface area (Å²) in [6.45, 7) is 8.14. The zero-order valence-electron chi connectivity index (χ0n) is 30.8. The second-order valence-electron chi connectivity index (χ2n) is 16.4. The van der Waals surface area contributed by atoms with Crippen LogP contribution in [0.1, 0.15) is 52.9 Å². The predicted octanol–water partition coefficient (Wildman–Crippen LogP) is 5.93. The van der Waals surface area contributed by atoms with Crippen molar-refractivity contribution in [1.82, 2.24) is 25.1 Å². The summed E-state index contributed by atoms with van der Waals surface area (Å²) in [5, 5.41) is 25.1. The summed E-state index contributed by atoms with van der Waals surface area (Å²) in [4.78, 5) is 28.2. The molecule has 3 aromatic carbocycles. The highest BCUT2D eigenvalue weighted by atomic mass is 19.1. The fraction of sp³-hybridized carbons (Fsp3) is 0.525. The number of ether oxygens (including phenoxy) is 2. The number of amides is 1. The summed E-state index contributed by atoms with van der Waals surface area (Å²) >= 11 is 0. The van der Waals surface area contributed by atoms with E-state index in [1.807, 2.05) is 0 Å². The summed E-state index contributed by atoms with van der Waals surface area (Å²) in [7, 11) is 0. The molecule has 288 valence electrons. The first kappa shape index (κ1) is 36.6. The summed E-state index contributed by atoms with van der Waals surface area (Å²) in [6.07, 6.45) is 1.50. The normalized spacial score (nSPS) is 25.0. The number of benzene rings is 3. The summed E-state index contributed by atoms with van der Waals surface area (Å²) < 4.78 is 58.4. The number of anilines is 1. The van der Waals surface area contributed by atoms with Crippen molar-refractivity contribution in [2.75, 3.05) is 50.8 Å². The molecule has 11 nitrogen and oxygen atoms in total. The van der Waals surface area contributed by atoms with Gasteiger partial charge < -0.3 is 29.9 Å². The van der Waals surface area contributed by atoms with Crippen molar-refractivity contribution in [3.05, 3.63) is 54.1 Å². The van der Waals surface area contributed by atoms with Crippen molar-refractivity contribution in [3.8, 4) is 22.9 Å². The maximum Gasteiger partial charge on any atom is 0.407 e. The molecule has 5 heterocycles. The lowest BCUT2D eigenvalue weighted by Gasteiger charge is -2.42. The number of alkyl halides is 1. The van der Waals surface area contributed by atoms with Crippen molar-refractivity contribution < 1.29 is 37.7 Å². The van der Waals surface area contributed by atoms with Crippen molar-refractivity contribution in [2.24, 2.45) is 0 Å². The average molecular weight is 749 g/mol. The molecule has 0 aliphatic carbocycles. The smallest absolute Gasteiger partial charge is 0.407 e. The minimum Gasteiger partial charge on any atom is -0.508 e. The number of fused-ring (bicyclic) bond motifs is 5. The topological polar surface area (TPSA) is 124 Å². The van der Waals surface area contributed by atoms with Gasteiger partial charge in [-0.05, 0) is 88.2 Å². The van der Waals surface area contributed by atoms with Gasteiger partial charge in [0.05, 0.1) is 11.6 Å². The molecule has 4 aromatic rings. The number of phenols is 1. The Morgan fingerprint density at radius 3 is 2.61 bits per heavy atom. The number of rotatable bonds is 9. The van der Waals surface area contributed by atoms with Crippen LogP contribution in [0, 0.1) is 11.6 Å². The van der Waals surface area contributed by atoms with Crippen LogP contribution in [0.2, 0.25) is 0 Å². The Balaban J connectivity index is 1.11. The largest absolute Gasteiger partial charge is 0.508 e. The Labute approximate surface area is 312 Å². The van der Waals surface area contributed by atoms with E-state index in [9.17, 15) is 19.4 Å². The Kier molecular flexibility index (Phi) is 9.50. The zero-order chi connectivity index (χ0) is 37.9. The Morgan fingerprint density at radius 2 is 1.85 bits per heavy atom. The van der Waals surface area contributed by atoms with Gasteiger partial charge in [0.2, 0.25) is 0 Å². The van der Waals surface area contributed by atoms with E-state index < -0.39 is 41.1 Å². The Morgan fingerprint density at radius 1 is 1.07 bits per heavy atom. The molecule has 8 rings (SSSR count). The highest BCUT2D eigenvalue weighted by molar-refractivity contribution is 6.01. The van der Waals surface area contributed by atoms with Crippen LogP contribution in [0.4, 0.5) is 23.8 Å². The van der Waals surface area contributed by atoms with Gasteiger partial charge in [0.1, 0.15) is 41.3 Å². The van der Waals surface area contributed by atoms with Gasteiger partial charge >= 0.3 is 12.1 Å². The number of carbonyl (C=O) groups excluding carboxylic acids is 1. The lowest BCUT2D eigenvalue weighted by molar-refractivity contribution is 0.0433. The summed E-state index contributed by atoms with van der Waals surface area (Å²) in [5.74, 6) is -0.885. The molecule has 0 unspecified atom stereocenters. The number of aliphatic hydroxyl groups is 1. The maximum absolute atomic E-state index is 17.0. The van der Waals surface area contributed by atoms with E-state index in [4.69, 9.17) is 14.5 Å². The second-order valence-corrected chi connectivity index (χ2v) is 16.4. The van der Waals surface area contributed by atoms with Crippen molar-refractivity contribution in [1.29, 1.82) is 0 Å². The minimum atomic E-state index is -0.946. The summed E-state index contributed by atoms with van der Waals surface area (Å²) in [5.41, 5.74) is -0.863. The number of hydrogen-bond donors (Lipinski definition) is 3. The number of aliphatic hydroxyl groups excluding tert-OH is 1. The molecular formula is C40H47F3N6O5. The standard InChI is InChI=1S/C40H47F3N6O5/c1-39(2,3)54-38(52)44-17-28(51)21-49-25-8-9-26(49)20-47(19-25)36-30-11-10-29(31-15-27(50)14-23-6-4-7-32(42)33(23)31)34(43)35(30)45-37(46-36)53-22-40-12-5-13-48(40)18-24(41)16-40/h4,6-7,10-11,14-15,24-26,28,50-51H,5,8-9,12-13,16-22H2,1-3H3,(H,44,52)/t24-,25-,26+,28-,40+/m1/s1. The van der Waals surface area contributed by atoms with Gasteiger partial charge in [-0.2, -0.15) is 9.97 Å². The van der Waals surface area contributed by atoms with E-state index in [-0.39, 0.29) is 59.0 Å². The molecule has 0 spiro atoms. The average Bonchev–Trinajstić information content (AvgIpc) is 3.70. The maximum atomic E-state index is 17.0. The first-order chi connectivity index (χ1) is 25.8. The van der Waals surface area contributed by atoms with E-state index in [0.717, 1.165) is 32.2 Å². The zero-order valence-corrected chi connectivity index (χ0v) is 30.8. The molecule has 4 aliphatic rings. The molecule has 3 N–H and O–H groups in total. The lowest BCUT2D eigenvalue weighted by atomic mass is 9.95. The number of phenolic OH excluding ortho intramolecular Hbond substituents is 1. The van der Waals surface area contributed by atoms with E-state index in [0.29, 0.717) is 49.2 Å². The first-order valence-electron chi connectivity index (χ1n) is 18.9. The fourth-order valence-corrected chi connectivity index (χ4v) is 9.15. The SMILES string of the molecule is CC(C)(C)OC(=O)NC[C@@H](O)CN1[C@@H]2CC[C@H]1CN(c1nc(OC[C@@]34CCCN3C[C@H](F)C4)nc3c(F)c(-c4cc(O)cc5cccc(F)c45)ccc13)C2. The molecule has 4 fully saturated rings. The summed E-state index contributed by atoms with van der Waals surface area (Å²) in [6, 6.07) is 10.7. The Hall–Kier alpha value is -4.40. The third-order valence-corrected chi connectivity index (χ3v) is 11.4. The van der Waals surface area contributed by atoms with Gasteiger partial charge in [-0.3, -0.25) is 9.80 Å². The van der Waals surface area contributed by atoms with Crippen LogP contribution in [0.25, 0.3) is 32.8 Å². The molecule has 1 aromatic heterocycles. The number of aromatic hydroxyl groups is 1. The number of aromatic nitrogens is 2. The second kappa shape index (κ2) is 14.0. The highest BCUT2D eigenvalue weighted by Gasteiger charge is 2.49. The minimum absolute atomic E-state index is 0.00526. The van der Waals surface area contributed by atoms with E-state index in [1.54, 1.807) is 39.0 Å². The molecular weight excluding hydrogens is 701 g/mol. The first-order valence-corrected chi connectivity index (χ1v) is 18.9. The van der Waals surface area contributed by atoms with Gasteiger partial charge in [-0.15, -0.1) is 0 Å². The van der Waals surface area contributed by atoms with Crippen LogP contribution in [0.15, 0.2) is 42.5 Å². The van der Waals surface area contributed by atoms with Crippen molar-refractivity contribution in [3.63, 3.8) is 0 Å². The van der Waals surface area contributed by atoms with Crippen LogP contribution in [-0.4, -0.2) is 117 Å². The van der Waals surface area contributed by atoms with Crippen LogP contribution >= 0.6 is 0 Å². The molecule has 4 saturated heterocycles. The van der Waals surface area contributed by atoms with Crippen LogP contribution in [0.3, 0.4) is 0 Å². The van der Waals surface area contributed by atoms with Gasteiger partial charge in [-0.1, -0.05) is 18.2 Å². The van der Waals surface area contributed by atoms with Crippen molar-refractivity contribution >= 4 is 33.6 Å². The molecule has 1 amide bonds. The number of carbonyl (C=O) groups is 1. The van der Waals surface area contributed by atoms with Crippen LogP contribution in [-0.2, 0) is 4.74 Å². The number of halogens is 3. The highest BCUT2D eigenvalue weighted by Crippen LogP contribution is 2.43. The van der Waals surface area contributed by atoms with Gasteiger partial charge in [0, 0.05) is 67.6 Å². The van der Waals surface area contributed by atoms with E-state index in [1.165, 1.54) is 24.3 Å². The number of nitrogens with zero attached hydrogens (tertiary/aromatic N) is 5. The third-order valence-electron chi connectivity index (χ3n) is 11.4. The number of nitrogens with one attached hydrogen (secondary N) is 1. The Bertz CT molecular complexity index is 2070. The molecule has 14 heteroatoms. The van der Waals surface area contributed by atoms with Crippen LogP contribution < -0.4 is 15.0 Å². The quantitative estimate of drug-likeness (QED) is 0.190. The number of piperazine rings is 1. The lowest BCUT2D eigenvalue weighted by Crippen LogP contribution is -2.56. The van der Waals surface area contributed by atoms with Gasteiger partial charge in [0.25, 0.3) is 0 Å². The molecule has 2 bridgehead atoms. The molecule has 4 aliphatic heterocycles. The number of hydrogen-bond acceptors (Lipinski definition) is 10. The molecule has 5 atom stereocenters. The molecule has 0 radical (unpaired) electrons. The molecule has 54 heavy (non-hydrogen) atoms. The third kappa shape index (κ3) is 6.99. The molecule has 0 saturated carbocycles. The van der Waals surface area contributed by atoms with Crippen molar-refractivity contribution in [2.45, 2.75) is 88.4 Å². The van der Waals surface area contributed by atoms with E-state index in [2.05, 4.69) is 25.0 Å². The monoisotopic (exact) mass is 748 g/mol. The van der Waals surface area contributed by atoms with Gasteiger partial charge in [-0.25, -0.2) is 18.0 Å². The van der Waals surface area contributed by atoms with Crippen LogP contribution in [0.5, 0.6) is 11.8 Å². The fourth-order valence-electron chi connectivity index (χ4n) is 9.15. The predicted molar refractivity (Wildman–Crippen MR) is 199 cm³/mol. The number of alkyl carbamates (subject to hydrolysis) is 1. The van der Waals surface area contributed by atoms with E-state index >= 15 is 8.78 Å². The van der Waals surface area contributed by atoms with Gasteiger partial charge in [0.15, 0.2) is 5.82 Å².